The Labute approximate surface area is 394 Å². The molecule has 18 nitrogen and oxygen atoms in total. The largest absolute Gasteiger partial charge is 0.488 e. The van der Waals surface area contributed by atoms with Crippen molar-refractivity contribution in [2.75, 3.05) is 27.3 Å². The Morgan fingerprint density at radius 2 is 1.44 bits per heavy atom. The molecule has 2 aromatic heterocycles. The Kier molecular flexibility index (Phi) is 12.5. The summed E-state index contributed by atoms with van der Waals surface area (Å²) < 4.78 is 23.4. The number of methoxy groups -OCH3 is 1. The normalized spacial score (nSPS) is 26.7. The number of fused-ring (bicyclic) bond motifs is 6. The highest BCUT2D eigenvalue weighted by molar-refractivity contribution is 6.07. The Bertz CT molecular complexity index is 2720. The monoisotopic (exact) mass is 932 g/mol. The zero-order valence-corrected chi connectivity index (χ0v) is 39.6. The van der Waals surface area contributed by atoms with E-state index < -0.39 is 18.2 Å². The maximum absolute atomic E-state index is 14.4. The van der Waals surface area contributed by atoms with E-state index in [0.717, 1.165) is 81.2 Å². The predicted octanol–water partition coefficient (Wildman–Crippen LogP) is 7.34. The van der Waals surface area contributed by atoms with Gasteiger partial charge in [0.1, 0.15) is 35.0 Å². The molecule has 0 aliphatic carbocycles. The molecule has 8 unspecified atom stereocenters. The van der Waals surface area contributed by atoms with E-state index in [-0.39, 0.29) is 65.2 Å². The van der Waals surface area contributed by atoms with E-state index in [0.29, 0.717) is 57.0 Å². The molecule has 3 amide bonds. The second-order valence-corrected chi connectivity index (χ2v) is 19.5. The molecule has 8 atom stereocenters. The van der Waals surface area contributed by atoms with Gasteiger partial charge in [0.2, 0.25) is 5.91 Å². The van der Waals surface area contributed by atoms with E-state index in [1.165, 1.54) is 14.2 Å². The van der Waals surface area contributed by atoms with Gasteiger partial charge in [-0.15, -0.1) is 0 Å². The first-order valence-corrected chi connectivity index (χ1v) is 24.2. The number of alkyl carbamates (subject to hydrolysis) is 1. The second-order valence-electron chi connectivity index (χ2n) is 19.5. The molecule has 0 spiro atoms. The van der Waals surface area contributed by atoms with Crippen LogP contribution in [0.25, 0.3) is 44.2 Å². The molecular formula is C50H62N9O9+. The number of imidazole rings is 2. The topological polar surface area (TPSA) is 205 Å². The molecule has 5 aliphatic heterocycles. The van der Waals surface area contributed by atoms with E-state index in [1.807, 2.05) is 49.8 Å². The van der Waals surface area contributed by atoms with Gasteiger partial charge in [-0.05, 0) is 137 Å². The second kappa shape index (κ2) is 18.7. The lowest BCUT2D eigenvalue weighted by atomic mass is 9.85. The van der Waals surface area contributed by atoms with Crippen LogP contribution >= 0.6 is 0 Å². The van der Waals surface area contributed by atoms with E-state index in [4.69, 9.17) is 33.8 Å². The number of hydrazine groups is 1. The van der Waals surface area contributed by atoms with Gasteiger partial charge in [0.25, 0.3) is 5.91 Å². The summed E-state index contributed by atoms with van der Waals surface area (Å²) >= 11 is 0. The van der Waals surface area contributed by atoms with Crippen molar-refractivity contribution in [2.45, 2.75) is 134 Å². The smallest absolute Gasteiger partial charge is 0.407 e. The van der Waals surface area contributed by atoms with Crippen molar-refractivity contribution in [1.82, 2.24) is 40.5 Å². The number of aromatic nitrogens is 4. The summed E-state index contributed by atoms with van der Waals surface area (Å²) in [5, 5.41) is 5.09. The highest BCUT2D eigenvalue weighted by Gasteiger charge is 2.45. The third-order valence-corrected chi connectivity index (χ3v) is 14.8. The Hall–Kier alpha value is -6.27. The first-order chi connectivity index (χ1) is 32.8. The number of hydrogen-bond acceptors (Lipinski definition) is 11. The minimum absolute atomic E-state index is 0.0261. The lowest BCUT2D eigenvalue weighted by molar-refractivity contribution is -0.839. The van der Waals surface area contributed by atoms with Crippen LogP contribution in [0.1, 0.15) is 108 Å². The van der Waals surface area contributed by atoms with Crippen molar-refractivity contribution in [2.24, 2.45) is 11.8 Å². The number of ether oxygens (including phenoxy) is 4. The molecule has 4 fully saturated rings. The van der Waals surface area contributed by atoms with Crippen molar-refractivity contribution in [3.63, 3.8) is 0 Å². The van der Waals surface area contributed by atoms with Crippen molar-refractivity contribution in [1.29, 1.82) is 0 Å². The number of nitrogens with one attached hydrogen (secondary N) is 4. The third kappa shape index (κ3) is 8.72. The first-order valence-electron chi connectivity index (χ1n) is 24.2. The quantitative estimate of drug-likeness (QED) is 0.0961. The van der Waals surface area contributed by atoms with Crippen LogP contribution in [0.15, 0.2) is 48.7 Å². The fourth-order valence-electron chi connectivity index (χ4n) is 11.8. The van der Waals surface area contributed by atoms with Crippen molar-refractivity contribution < 1.29 is 43.2 Å². The molecule has 10 rings (SSSR count). The molecule has 0 saturated carbocycles. The number of aromatic amines is 2. The van der Waals surface area contributed by atoms with Crippen LogP contribution in [0.2, 0.25) is 0 Å². The highest BCUT2D eigenvalue weighted by Crippen LogP contribution is 2.44. The number of amides is 3. The average Bonchev–Trinajstić information content (AvgIpc) is 4.17. The number of benzene rings is 3. The van der Waals surface area contributed by atoms with Gasteiger partial charge in [-0.3, -0.25) is 9.59 Å². The van der Waals surface area contributed by atoms with E-state index in [9.17, 15) is 19.3 Å². The molecular weight excluding hydrogens is 871 g/mol. The Balaban J connectivity index is 0.876. The molecule has 360 valence electrons. The number of carbonyl (C=O) groups excluding carboxylic acids is 3. The molecule has 18 heteroatoms. The molecule has 7 heterocycles. The average molecular weight is 933 g/mol. The number of rotatable bonds is 11. The van der Waals surface area contributed by atoms with E-state index in [2.05, 4.69) is 57.1 Å². The lowest BCUT2D eigenvalue weighted by Crippen LogP contribution is -2.55. The van der Waals surface area contributed by atoms with Gasteiger partial charge in [-0.1, -0.05) is 23.6 Å². The van der Waals surface area contributed by atoms with Crippen LogP contribution in [0, 0.1) is 16.7 Å². The van der Waals surface area contributed by atoms with Crippen LogP contribution < -0.4 is 15.5 Å². The molecule has 68 heavy (non-hydrogen) atoms. The summed E-state index contributed by atoms with van der Waals surface area (Å²) in [6.07, 6.45) is 6.80. The van der Waals surface area contributed by atoms with Crippen LogP contribution in [0.3, 0.4) is 0 Å². The highest BCUT2D eigenvalue weighted by atomic mass is 16.8. The molecule has 4 N–H and O–H groups in total. The van der Waals surface area contributed by atoms with Crippen LogP contribution in [-0.4, -0.2) is 116 Å². The molecule has 5 aliphatic rings. The van der Waals surface area contributed by atoms with Crippen LogP contribution in [0.4, 0.5) is 4.79 Å². The molecule has 0 bridgehead atoms. The lowest BCUT2D eigenvalue weighted by Gasteiger charge is -2.38. The fraction of sp³-hybridized carbons (Fsp3) is 0.540. The number of hydrogen-bond donors (Lipinski definition) is 4. The van der Waals surface area contributed by atoms with Crippen molar-refractivity contribution in [3.05, 3.63) is 70.8 Å². The Morgan fingerprint density at radius 1 is 0.794 bits per heavy atom. The number of nitrogens with zero attached hydrogens (tertiary/aromatic N) is 5. The van der Waals surface area contributed by atoms with Gasteiger partial charge in [-0.2, -0.15) is 0 Å². The van der Waals surface area contributed by atoms with Crippen LogP contribution in [-0.2, 0) is 35.2 Å². The number of carbonyl (C=O) groups is 3. The van der Waals surface area contributed by atoms with Crippen LogP contribution in [0.5, 0.6) is 5.75 Å². The predicted molar refractivity (Wildman–Crippen MR) is 251 cm³/mol. The number of H-pyrrole nitrogens is 2. The molecule has 0 radical (unpaired) electrons. The summed E-state index contributed by atoms with van der Waals surface area (Å²) in [5.41, 5.74) is 9.35. The maximum Gasteiger partial charge on any atom is 0.407 e. The summed E-state index contributed by atoms with van der Waals surface area (Å²) in [6.45, 7) is 9.50. The summed E-state index contributed by atoms with van der Waals surface area (Å²) in [4.78, 5) is 79.3. The molecule has 5 aromatic rings. The van der Waals surface area contributed by atoms with Crippen molar-refractivity contribution in [3.8, 4) is 28.1 Å². The Morgan fingerprint density at radius 3 is 2.10 bits per heavy atom. The molecule has 3 aromatic carbocycles. The van der Waals surface area contributed by atoms with Gasteiger partial charge in [-0.25, -0.2) is 19.6 Å². The SMILES string of the molecule is COC(=O)NC(C(=O)N1CCCC1c1ncc(-c2ccc3c(c2)COc2cc4c(ccc5[nH]c(C6CCCN6C(=O)C(N[N+](=O)OC)C6CC(C)OC(C)C6)nc54)cc2-3)[nH]1)C1CC(C)OC(C)C1. The standard InChI is InChI=1S/C50H61N9O9/c1-26-17-32(18-27(2)67-26)43(55-50(62)64-5)48(60)57-15-7-9-40(57)46-51-24-39(53-46)31-11-13-35-34(21-31)25-66-42-23-36-30(22-37(35)42)12-14-38-45(36)54-47(52-38)41-10-8-16-58(41)49(61)44(56-59(63)65-6)33-19-28(3)68-29(4)20-33/h11-14,21-24,26-29,32-33,40-41,43-44H,7-10,15-20,25H2,1-6H3,(H3-,51,52,53,54,55,56,62,63)/p+1. The van der Waals surface area contributed by atoms with Gasteiger partial charge in [0.15, 0.2) is 13.2 Å². The van der Waals surface area contributed by atoms with Gasteiger partial charge >= 0.3 is 11.1 Å². The summed E-state index contributed by atoms with van der Waals surface area (Å²) in [7, 11) is 2.59. The minimum Gasteiger partial charge on any atom is -0.488 e. The molecule has 4 saturated heterocycles. The summed E-state index contributed by atoms with van der Waals surface area (Å²) in [5.74, 6) is 1.70. The van der Waals surface area contributed by atoms with Gasteiger partial charge in [0, 0.05) is 24.0 Å². The zero-order valence-electron chi connectivity index (χ0n) is 39.6. The minimum atomic E-state index is -0.778. The van der Waals surface area contributed by atoms with E-state index >= 15 is 0 Å². The third-order valence-electron chi connectivity index (χ3n) is 14.8. The summed E-state index contributed by atoms with van der Waals surface area (Å²) in [6, 6.07) is 12.6. The van der Waals surface area contributed by atoms with Crippen molar-refractivity contribution >= 4 is 39.7 Å². The maximum atomic E-state index is 14.4. The van der Waals surface area contributed by atoms with Gasteiger partial charge < -0.3 is 44.0 Å². The zero-order chi connectivity index (χ0) is 47.4. The first kappa shape index (κ1) is 45.5. The number of likely N-dealkylation sites (tertiary alicyclic amines) is 2. The van der Waals surface area contributed by atoms with Gasteiger partial charge in [0.05, 0.1) is 66.5 Å². The fourth-order valence-corrected chi connectivity index (χ4v) is 11.8. The van der Waals surface area contributed by atoms with E-state index in [1.54, 1.807) is 0 Å².